The van der Waals surface area contributed by atoms with Gasteiger partial charge in [0.05, 0.1) is 21.8 Å². The summed E-state index contributed by atoms with van der Waals surface area (Å²) in [5, 5.41) is 9.02. The third-order valence-corrected chi connectivity index (χ3v) is 4.22. The molecule has 1 atom stereocenters. The van der Waals surface area contributed by atoms with E-state index in [2.05, 4.69) is 35.4 Å². The van der Waals surface area contributed by atoms with Crippen molar-refractivity contribution in [2.24, 2.45) is 0 Å². The van der Waals surface area contributed by atoms with Crippen molar-refractivity contribution in [3.05, 3.63) is 52.8 Å². The summed E-state index contributed by atoms with van der Waals surface area (Å²) in [7, 11) is 0. The fourth-order valence-electron chi connectivity index (χ4n) is 2.42. The highest BCUT2D eigenvalue weighted by molar-refractivity contribution is 6.36. The first kappa shape index (κ1) is 21.7. The van der Waals surface area contributed by atoms with E-state index in [1.807, 2.05) is 0 Å². The molecule has 30 heavy (non-hydrogen) atoms. The van der Waals surface area contributed by atoms with Gasteiger partial charge in [0, 0.05) is 25.4 Å². The minimum Gasteiger partial charge on any atom is -0.431 e. The lowest BCUT2D eigenvalue weighted by atomic mass is 10.3. The van der Waals surface area contributed by atoms with Gasteiger partial charge in [-0.25, -0.2) is 19.7 Å². The average molecular weight is 458 g/mol. The van der Waals surface area contributed by atoms with E-state index in [0.29, 0.717) is 12.7 Å². The second kappa shape index (κ2) is 8.76. The first-order valence-corrected chi connectivity index (χ1v) is 9.20. The summed E-state index contributed by atoms with van der Waals surface area (Å²) < 4.78 is 31.9. The van der Waals surface area contributed by atoms with Crippen LogP contribution in [0.15, 0.2) is 36.9 Å². The number of carbonyl (C=O) groups excluding carboxylic acids is 1. The molecule has 0 aliphatic carbocycles. The normalized spacial score (nSPS) is 12.3. The topological polar surface area (TPSA) is 107 Å². The van der Waals surface area contributed by atoms with Crippen molar-refractivity contribution >= 4 is 34.9 Å². The number of hydrogen-bond donors (Lipinski definition) is 2. The van der Waals surface area contributed by atoms with Crippen molar-refractivity contribution < 1.29 is 18.3 Å². The van der Waals surface area contributed by atoms with E-state index in [1.54, 1.807) is 25.4 Å². The summed E-state index contributed by atoms with van der Waals surface area (Å²) in [6, 6.07) is 2.71. The van der Waals surface area contributed by atoms with Crippen LogP contribution < -0.4 is 15.4 Å². The summed E-state index contributed by atoms with van der Waals surface area (Å²) in [4.78, 5) is 24.7. The molecular weight excluding hydrogens is 443 g/mol. The van der Waals surface area contributed by atoms with Crippen LogP contribution in [0, 0.1) is 0 Å². The number of nitrogens with zero attached hydrogens (tertiary/aromatic N) is 5. The zero-order chi connectivity index (χ0) is 21.9. The van der Waals surface area contributed by atoms with E-state index in [0.717, 1.165) is 6.07 Å². The van der Waals surface area contributed by atoms with Crippen molar-refractivity contribution in [3.8, 4) is 11.7 Å². The Kier molecular flexibility index (Phi) is 6.32. The maximum Gasteiger partial charge on any atom is 0.394 e. The lowest BCUT2D eigenvalue weighted by Crippen LogP contribution is -2.32. The molecule has 0 aliphatic rings. The van der Waals surface area contributed by atoms with E-state index >= 15 is 0 Å². The smallest absolute Gasteiger partial charge is 0.394 e. The molecule has 0 unspecified atom stereocenters. The lowest BCUT2D eigenvalue weighted by molar-refractivity contribution is -0.158. The van der Waals surface area contributed by atoms with Crippen LogP contribution >= 0.6 is 23.2 Å². The van der Waals surface area contributed by atoms with E-state index in [-0.39, 0.29) is 27.4 Å². The highest BCUT2D eigenvalue weighted by Crippen LogP contribution is 2.36. The van der Waals surface area contributed by atoms with Crippen molar-refractivity contribution in [2.75, 3.05) is 5.32 Å². The molecule has 0 bridgehead atoms. The molecule has 0 fully saturated rings. The SMILES string of the molecule is C[C@H](NC(=O)Nc1cc(Cl)c(OC(C)(F)F)cc1Cl)c1ncnn1-c1ncccn1. The van der Waals surface area contributed by atoms with Crippen LogP contribution in [0.3, 0.4) is 0 Å². The van der Waals surface area contributed by atoms with Crippen LogP contribution in [0.5, 0.6) is 5.75 Å². The predicted octanol–water partition coefficient (Wildman–Crippen LogP) is 4.24. The Morgan fingerprint density at radius 2 is 1.90 bits per heavy atom. The molecule has 13 heteroatoms. The molecule has 2 N–H and O–H groups in total. The largest absolute Gasteiger partial charge is 0.431 e. The first-order valence-electron chi connectivity index (χ1n) is 8.45. The zero-order valence-electron chi connectivity index (χ0n) is 15.6. The second-order valence-electron chi connectivity index (χ2n) is 6.07. The number of alkyl halides is 2. The molecule has 2 heterocycles. The monoisotopic (exact) mass is 457 g/mol. The van der Waals surface area contributed by atoms with Gasteiger partial charge in [-0.2, -0.15) is 18.6 Å². The fourth-order valence-corrected chi connectivity index (χ4v) is 2.82. The predicted molar refractivity (Wildman–Crippen MR) is 105 cm³/mol. The third kappa shape index (κ3) is 5.30. The molecule has 158 valence electrons. The average Bonchev–Trinajstić information content (AvgIpc) is 3.15. The minimum absolute atomic E-state index is 0.0395. The van der Waals surface area contributed by atoms with E-state index in [4.69, 9.17) is 23.2 Å². The van der Waals surface area contributed by atoms with Gasteiger partial charge in [0.15, 0.2) is 5.82 Å². The highest BCUT2D eigenvalue weighted by Gasteiger charge is 2.25. The second-order valence-corrected chi connectivity index (χ2v) is 6.89. The molecule has 3 rings (SSSR count). The van der Waals surface area contributed by atoms with Crippen LogP contribution in [0.4, 0.5) is 19.3 Å². The molecule has 0 aliphatic heterocycles. The Morgan fingerprint density at radius 3 is 2.57 bits per heavy atom. The quantitative estimate of drug-likeness (QED) is 0.573. The molecule has 0 spiro atoms. The summed E-state index contributed by atoms with van der Waals surface area (Å²) in [5.74, 6) is 0.357. The van der Waals surface area contributed by atoms with Crippen molar-refractivity contribution in [3.63, 3.8) is 0 Å². The third-order valence-electron chi connectivity index (χ3n) is 3.61. The molecule has 2 aromatic heterocycles. The van der Waals surface area contributed by atoms with Crippen molar-refractivity contribution in [2.45, 2.75) is 26.0 Å². The van der Waals surface area contributed by atoms with Gasteiger partial charge in [0.2, 0.25) is 0 Å². The number of rotatable bonds is 6. The number of ether oxygens (including phenoxy) is 1. The van der Waals surface area contributed by atoms with Crippen LogP contribution in [0.25, 0.3) is 5.95 Å². The minimum atomic E-state index is -3.44. The number of nitrogens with one attached hydrogen (secondary N) is 2. The van der Waals surface area contributed by atoms with E-state index in [9.17, 15) is 13.6 Å². The van der Waals surface area contributed by atoms with Crippen LogP contribution in [0.2, 0.25) is 10.0 Å². The molecule has 0 saturated heterocycles. The van der Waals surface area contributed by atoms with Gasteiger partial charge in [-0.1, -0.05) is 23.2 Å². The Hall–Kier alpha value is -3.05. The van der Waals surface area contributed by atoms with Crippen LogP contribution in [-0.4, -0.2) is 36.9 Å². The highest BCUT2D eigenvalue weighted by atomic mass is 35.5. The number of anilines is 1. The summed E-state index contributed by atoms with van der Waals surface area (Å²) in [6.07, 6.45) is 0.964. The van der Waals surface area contributed by atoms with Crippen molar-refractivity contribution in [1.29, 1.82) is 0 Å². The van der Waals surface area contributed by atoms with E-state index < -0.39 is 18.2 Å². The Bertz CT molecular complexity index is 1040. The molecular formula is C17H15Cl2F2N7O2. The number of hydrogen-bond acceptors (Lipinski definition) is 6. The zero-order valence-corrected chi connectivity index (χ0v) is 17.1. The summed E-state index contributed by atoms with van der Waals surface area (Å²) in [6.45, 7) is 2.25. The summed E-state index contributed by atoms with van der Waals surface area (Å²) >= 11 is 12.0. The molecule has 0 radical (unpaired) electrons. The van der Waals surface area contributed by atoms with Crippen molar-refractivity contribution in [1.82, 2.24) is 30.0 Å². The number of aromatic nitrogens is 5. The Balaban J connectivity index is 1.71. The summed E-state index contributed by atoms with van der Waals surface area (Å²) in [5.41, 5.74) is 0.103. The first-order chi connectivity index (χ1) is 14.1. The van der Waals surface area contributed by atoms with Crippen LogP contribution in [-0.2, 0) is 0 Å². The Morgan fingerprint density at radius 1 is 1.20 bits per heavy atom. The number of amides is 2. The number of carbonyl (C=O) groups is 1. The van der Waals surface area contributed by atoms with Gasteiger partial charge in [-0.3, -0.25) is 0 Å². The fraction of sp³-hybridized carbons (Fsp3) is 0.235. The van der Waals surface area contributed by atoms with Gasteiger partial charge in [0.1, 0.15) is 12.1 Å². The Labute approximate surface area is 179 Å². The molecule has 0 saturated carbocycles. The maximum atomic E-state index is 13.0. The number of halogens is 4. The molecule has 1 aromatic carbocycles. The number of urea groups is 1. The molecule has 9 nitrogen and oxygen atoms in total. The standard InChI is InChI=1S/C17H15Cl2F2N7O2/c1-9(14-24-8-25-28(14)15-22-4-3-5-23-15)26-16(29)27-12-6-11(19)13(7-10(12)18)30-17(2,20)21/h3-9H,1-2H3,(H2,26,27,29)/t9-/m0/s1. The van der Waals surface area contributed by atoms with Gasteiger partial charge in [-0.15, -0.1) is 0 Å². The van der Waals surface area contributed by atoms with Gasteiger partial charge in [-0.05, 0) is 19.1 Å². The van der Waals surface area contributed by atoms with Gasteiger partial charge in [0.25, 0.3) is 5.95 Å². The van der Waals surface area contributed by atoms with Crippen LogP contribution in [0.1, 0.15) is 25.7 Å². The van der Waals surface area contributed by atoms with Gasteiger partial charge >= 0.3 is 12.1 Å². The van der Waals surface area contributed by atoms with E-state index in [1.165, 1.54) is 17.1 Å². The van der Waals surface area contributed by atoms with Gasteiger partial charge < -0.3 is 15.4 Å². The maximum absolute atomic E-state index is 13.0. The molecule has 2 amide bonds. The molecule has 3 aromatic rings. The lowest BCUT2D eigenvalue weighted by Gasteiger charge is -2.17. The number of benzene rings is 1.